The third kappa shape index (κ3) is 3.59. The lowest BCUT2D eigenvalue weighted by molar-refractivity contribution is -0.117. The van der Waals surface area contributed by atoms with Gasteiger partial charge < -0.3 is 19.6 Å². The van der Waals surface area contributed by atoms with Gasteiger partial charge >= 0.3 is 0 Å². The molecule has 1 saturated heterocycles. The van der Waals surface area contributed by atoms with Gasteiger partial charge in [0.1, 0.15) is 22.6 Å². The van der Waals surface area contributed by atoms with Crippen molar-refractivity contribution in [3.05, 3.63) is 47.9 Å². The van der Waals surface area contributed by atoms with Crippen LogP contribution in [0.25, 0.3) is 33.3 Å². The lowest BCUT2D eigenvalue weighted by Crippen LogP contribution is -2.25. The number of aromatic nitrogens is 3. The van der Waals surface area contributed by atoms with Crippen molar-refractivity contribution in [3.8, 4) is 11.5 Å². The van der Waals surface area contributed by atoms with Crippen LogP contribution in [0.1, 0.15) is 36.9 Å². The van der Waals surface area contributed by atoms with E-state index in [9.17, 15) is 18.7 Å². The van der Waals surface area contributed by atoms with Gasteiger partial charge in [-0.25, -0.2) is 18.7 Å². The number of alkyl halides is 2. The second-order valence-corrected chi connectivity index (χ2v) is 8.77. The molecule has 0 spiro atoms. The Morgan fingerprint density at radius 2 is 2.03 bits per heavy atom. The van der Waals surface area contributed by atoms with Crippen LogP contribution in [0.15, 0.2) is 41.1 Å². The number of carbonyl (C=O) groups is 1. The molecule has 1 saturated carbocycles. The van der Waals surface area contributed by atoms with E-state index < -0.39 is 17.7 Å². The van der Waals surface area contributed by atoms with Crippen LogP contribution in [0.3, 0.4) is 0 Å². The molecule has 4 aromatic rings. The Morgan fingerprint density at radius 3 is 2.76 bits per heavy atom. The molecule has 2 aliphatic rings. The molecule has 2 N–H and O–H groups in total. The summed E-state index contributed by atoms with van der Waals surface area (Å²) in [6, 6.07) is 6.75. The molecule has 3 aromatic heterocycles. The normalized spacial score (nSPS) is 20.5. The van der Waals surface area contributed by atoms with E-state index in [1.54, 1.807) is 18.2 Å². The van der Waals surface area contributed by atoms with Gasteiger partial charge in [-0.15, -0.1) is 0 Å². The standard InChI is InChI=1S/C24H20F2N4O4/c25-21(26)20-15-9-27-19(30-22(31)12-1-2-12)8-14(15)16(10-28-20)23-29-17-7-13(3-4-18(17)34-23)24(32)5-6-33-11-24/h3-4,7-10,12,21,32H,1-2,5-6,11H2,(H,27,30,31). The molecule has 1 aromatic carbocycles. The Morgan fingerprint density at radius 1 is 1.18 bits per heavy atom. The number of halogens is 2. The zero-order valence-electron chi connectivity index (χ0n) is 17.9. The number of benzene rings is 1. The monoisotopic (exact) mass is 466 g/mol. The topological polar surface area (TPSA) is 110 Å². The maximum atomic E-state index is 13.6. The lowest BCUT2D eigenvalue weighted by atomic mass is 9.93. The molecule has 6 rings (SSSR count). The van der Waals surface area contributed by atoms with E-state index >= 15 is 0 Å². The second kappa shape index (κ2) is 7.78. The molecule has 1 unspecified atom stereocenters. The zero-order chi connectivity index (χ0) is 23.4. The molecule has 1 aliphatic carbocycles. The summed E-state index contributed by atoms with van der Waals surface area (Å²) in [5.74, 6) is 0.279. The fourth-order valence-corrected chi connectivity index (χ4v) is 4.26. The summed E-state index contributed by atoms with van der Waals surface area (Å²) < 4.78 is 38.5. The number of nitrogens with one attached hydrogen (secondary N) is 1. The number of oxazole rings is 1. The van der Waals surface area contributed by atoms with Crippen molar-refractivity contribution in [1.82, 2.24) is 15.0 Å². The number of pyridine rings is 2. The summed E-state index contributed by atoms with van der Waals surface area (Å²) in [6.07, 6.45) is 1.92. The second-order valence-electron chi connectivity index (χ2n) is 8.77. The van der Waals surface area contributed by atoms with Crippen molar-refractivity contribution >= 4 is 33.6 Å². The number of ether oxygens (including phenoxy) is 1. The van der Waals surface area contributed by atoms with Gasteiger partial charge in [0.25, 0.3) is 6.43 Å². The highest BCUT2D eigenvalue weighted by atomic mass is 19.3. The molecule has 1 aliphatic heterocycles. The lowest BCUT2D eigenvalue weighted by Gasteiger charge is -2.20. The Hall–Kier alpha value is -3.50. The van der Waals surface area contributed by atoms with E-state index in [2.05, 4.69) is 20.3 Å². The fraction of sp³-hybridized carbons (Fsp3) is 0.333. The summed E-state index contributed by atoms with van der Waals surface area (Å²) in [7, 11) is 0. The van der Waals surface area contributed by atoms with Crippen LogP contribution in [-0.4, -0.2) is 39.2 Å². The largest absolute Gasteiger partial charge is 0.436 e. The molecule has 0 radical (unpaired) electrons. The van der Waals surface area contributed by atoms with E-state index in [0.717, 1.165) is 12.8 Å². The van der Waals surface area contributed by atoms with E-state index in [0.29, 0.717) is 40.6 Å². The number of anilines is 1. The maximum absolute atomic E-state index is 13.6. The summed E-state index contributed by atoms with van der Waals surface area (Å²) >= 11 is 0. The molecule has 4 heterocycles. The number of aliphatic hydroxyl groups is 1. The van der Waals surface area contributed by atoms with E-state index in [-0.39, 0.29) is 35.5 Å². The van der Waals surface area contributed by atoms with Crippen LogP contribution in [0.2, 0.25) is 0 Å². The van der Waals surface area contributed by atoms with Crippen LogP contribution < -0.4 is 5.32 Å². The SMILES string of the molecule is O=C(Nc1cc2c(-c3nc4cc(C5(O)CCOC5)ccc4o3)cnc(C(F)F)c2cn1)C1CC1. The average molecular weight is 466 g/mol. The zero-order valence-corrected chi connectivity index (χ0v) is 17.9. The van der Waals surface area contributed by atoms with Crippen molar-refractivity contribution in [2.24, 2.45) is 5.92 Å². The Balaban J connectivity index is 1.45. The molecule has 2 fully saturated rings. The van der Waals surface area contributed by atoms with Gasteiger partial charge in [-0.05, 0) is 36.6 Å². The predicted molar refractivity (Wildman–Crippen MR) is 118 cm³/mol. The number of nitrogens with zero attached hydrogens (tertiary/aromatic N) is 3. The number of rotatable bonds is 5. The van der Waals surface area contributed by atoms with Gasteiger partial charge in [0.05, 0.1) is 12.2 Å². The van der Waals surface area contributed by atoms with Gasteiger partial charge in [0, 0.05) is 42.1 Å². The minimum atomic E-state index is -2.80. The maximum Gasteiger partial charge on any atom is 0.281 e. The molecule has 1 atom stereocenters. The van der Waals surface area contributed by atoms with Crippen LogP contribution in [0, 0.1) is 5.92 Å². The quantitative estimate of drug-likeness (QED) is 0.450. The Labute approximate surface area is 192 Å². The minimum Gasteiger partial charge on any atom is -0.436 e. The Bertz CT molecular complexity index is 1430. The number of fused-ring (bicyclic) bond motifs is 2. The minimum absolute atomic E-state index is 0.0302. The van der Waals surface area contributed by atoms with Crippen LogP contribution in [0.4, 0.5) is 14.6 Å². The van der Waals surface area contributed by atoms with Gasteiger partial charge in [-0.1, -0.05) is 6.07 Å². The number of carbonyl (C=O) groups excluding carboxylic acids is 1. The van der Waals surface area contributed by atoms with Crippen molar-refractivity contribution < 1.29 is 27.8 Å². The molecule has 8 nitrogen and oxygen atoms in total. The summed E-state index contributed by atoms with van der Waals surface area (Å²) in [6.45, 7) is 0.676. The van der Waals surface area contributed by atoms with E-state index in [1.807, 2.05) is 0 Å². The predicted octanol–water partition coefficient (Wildman–Crippen LogP) is 4.33. The van der Waals surface area contributed by atoms with Gasteiger partial charge in [0.15, 0.2) is 5.58 Å². The molecular weight excluding hydrogens is 446 g/mol. The first-order valence-corrected chi connectivity index (χ1v) is 11.0. The van der Waals surface area contributed by atoms with Crippen molar-refractivity contribution in [3.63, 3.8) is 0 Å². The van der Waals surface area contributed by atoms with Crippen LogP contribution in [0.5, 0.6) is 0 Å². The molecule has 0 bridgehead atoms. The number of amides is 1. The first-order chi connectivity index (χ1) is 16.4. The number of hydrogen-bond acceptors (Lipinski definition) is 7. The summed E-state index contributed by atoms with van der Waals surface area (Å²) in [4.78, 5) is 24.8. The van der Waals surface area contributed by atoms with Gasteiger partial charge in [-0.2, -0.15) is 0 Å². The molecule has 1 amide bonds. The van der Waals surface area contributed by atoms with Crippen molar-refractivity contribution in [1.29, 1.82) is 0 Å². The molecule has 10 heteroatoms. The third-order valence-corrected chi connectivity index (χ3v) is 6.37. The van der Waals surface area contributed by atoms with Crippen LogP contribution >= 0.6 is 0 Å². The average Bonchev–Trinajstić information content (AvgIpc) is 3.45. The summed E-state index contributed by atoms with van der Waals surface area (Å²) in [5.41, 5.74) is 0.556. The van der Waals surface area contributed by atoms with E-state index in [1.165, 1.54) is 18.5 Å². The van der Waals surface area contributed by atoms with E-state index in [4.69, 9.17) is 9.15 Å². The van der Waals surface area contributed by atoms with Crippen molar-refractivity contribution in [2.75, 3.05) is 18.5 Å². The highest BCUT2D eigenvalue weighted by Gasteiger charge is 2.34. The van der Waals surface area contributed by atoms with Crippen molar-refractivity contribution in [2.45, 2.75) is 31.3 Å². The van der Waals surface area contributed by atoms with Gasteiger partial charge in [0.2, 0.25) is 11.8 Å². The first kappa shape index (κ1) is 21.1. The highest BCUT2D eigenvalue weighted by Crippen LogP contribution is 2.37. The molecular formula is C24H20F2N4O4. The highest BCUT2D eigenvalue weighted by molar-refractivity contribution is 6.00. The smallest absolute Gasteiger partial charge is 0.281 e. The van der Waals surface area contributed by atoms with Crippen LogP contribution in [-0.2, 0) is 15.1 Å². The van der Waals surface area contributed by atoms with Gasteiger partial charge in [-0.3, -0.25) is 9.78 Å². The number of hydrogen-bond donors (Lipinski definition) is 2. The summed E-state index contributed by atoms with van der Waals surface area (Å²) in [5, 5.41) is 14.1. The fourth-order valence-electron chi connectivity index (χ4n) is 4.26. The Kier molecular flexibility index (Phi) is 4.82. The molecule has 34 heavy (non-hydrogen) atoms. The third-order valence-electron chi connectivity index (χ3n) is 6.37. The first-order valence-electron chi connectivity index (χ1n) is 11.0. The molecule has 174 valence electrons.